The first-order valence-corrected chi connectivity index (χ1v) is 12.0. The van der Waals surface area contributed by atoms with E-state index in [0.717, 1.165) is 40.6 Å². The van der Waals surface area contributed by atoms with Crippen LogP contribution in [0.4, 0.5) is 0 Å². The van der Waals surface area contributed by atoms with Crippen molar-refractivity contribution in [2.75, 3.05) is 0 Å². The van der Waals surface area contributed by atoms with Gasteiger partial charge in [0, 0.05) is 39.6 Å². The minimum absolute atomic E-state index is 0.00965. The van der Waals surface area contributed by atoms with E-state index in [2.05, 4.69) is 21.0 Å². The lowest BCUT2D eigenvalue weighted by atomic mass is 9.85. The largest absolute Gasteiger partial charge is 0.354 e. The van der Waals surface area contributed by atoms with Crippen molar-refractivity contribution in [2.45, 2.75) is 69.2 Å². The zero-order chi connectivity index (χ0) is 20.8. The minimum atomic E-state index is -0.0633. The normalized spacial score (nSPS) is 19.2. The molecule has 3 rings (SSSR count). The molecule has 2 atom stereocenters. The Morgan fingerprint density at radius 2 is 2.00 bits per heavy atom. The van der Waals surface area contributed by atoms with Gasteiger partial charge in [0.1, 0.15) is 0 Å². The number of carbonyl (C=O) groups is 2. The summed E-state index contributed by atoms with van der Waals surface area (Å²) in [6.07, 6.45) is 3.51. The number of thiazole rings is 1. The number of amides is 2. The maximum atomic E-state index is 12.6. The van der Waals surface area contributed by atoms with Crippen LogP contribution in [-0.2, 0) is 10.5 Å². The average molecular weight is 432 g/mol. The number of aryl methyl sites for hydroxylation is 1. The van der Waals surface area contributed by atoms with Crippen molar-refractivity contribution in [3.63, 3.8) is 0 Å². The van der Waals surface area contributed by atoms with E-state index in [-0.39, 0.29) is 29.8 Å². The van der Waals surface area contributed by atoms with Crippen molar-refractivity contribution >= 4 is 34.9 Å². The van der Waals surface area contributed by atoms with Crippen LogP contribution in [0.2, 0.25) is 0 Å². The summed E-state index contributed by atoms with van der Waals surface area (Å²) >= 11 is 3.38. The number of carbonyl (C=O) groups excluding carboxylic acids is 2. The SMILES string of the molecule is Cc1nc(CSc2ccc(C(=O)NC3CCCC(C(=O)NC(C)C)C3)cc2)cs1. The molecule has 2 amide bonds. The van der Waals surface area contributed by atoms with Gasteiger partial charge in [0.25, 0.3) is 5.91 Å². The fourth-order valence-corrected chi connectivity index (χ4v) is 5.07. The second kappa shape index (κ2) is 10.3. The third-order valence-corrected chi connectivity index (χ3v) is 6.85. The van der Waals surface area contributed by atoms with Gasteiger partial charge in [0.2, 0.25) is 5.91 Å². The van der Waals surface area contributed by atoms with Gasteiger partial charge in [-0.2, -0.15) is 0 Å². The number of nitrogens with one attached hydrogen (secondary N) is 2. The van der Waals surface area contributed by atoms with Crippen molar-refractivity contribution in [3.05, 3.63) is 45.9 Å². The first kappa shape index (κ1) is 21.8. The average Bonchev–Trinajstić information content (AvgIpc) is 3.11. The Kier molecular flexibility index (Phi) is 7.72. The second-order valence-electron chi connectivity index (χ2n) is 7.87. The number of rotatable bonds is 7. The molecule has 1 aromatic carbocycles. The molecular weight excluding hydrogens is 402 g/mol. The molecule has 0 spiro atoms. The highest BCUT2D eigenvalue weighted by Crippen LogP contribution is 2.26. The lowest BCUT2D eigenvalue weighted by molar-refractivity contribution is -0.126. The van der Waals surface area contributed by atoms with E-state index >= 15 is 0 Å². The van der Waals surface area contributed by atoms with Gasteiger partial charge in [0.05, 0.1) is 10.7 Å². The molecule has 29 heavy (non-hydrogen) atoms. The quantitative estimate of drug-likeness (QED) is 0.631. The van der Waals surface area contributed by atoms with E-state index in [0.29, 0.717) is 12.0 Å². The van der Waals surface area contributed by atoms with Crippen LogP contribution < -0.4 is 10.6 Å². The smallest absolute Gasteiger partial charge is 0.251 e. The standard InChI is InChI=1S/C22H29N3O2S2/c1-14(2)23-22(27)17-5-4-6-18(11-17)25-21(26)16-7-9-20(10-8-16)29-13-19-12-28-15(3)24-19/h7-10,12,14,17-18H,4-6,11,13H2,1-3H3,(H,23,27)(H,25,26). The molecule has 5 nitrogen and oxygen atoms in total. The molecule has 0 saturated heterocycles. The molecule has 1 saturated carbocycles. The van der Waals surface area contributed by atoms with Gasteiger partial charge < -0.3 is 10.6 Å². The van der Waals surface area contributed by atoms with Crippen LogP contribution in [0.5, 0.6) is 0 Å². The molecule has 1 aliphatic rings. The fraction of sp³-hybridized carbons (Fsp3) is 0.500. The van der Waals surface area contributed by atoms with E-state index in [1.54, 1.807) is 23.1 Å². The molecule has 1 fully saturated rings. The van der Waals surface area contributed by atoms with Crippen molar-refractivity contribution in [1.29, 1.82) is 0 Å². The summed E-state index contributed by atoms with van der Waals surface area (Å²) in [5, 5.41) is 9.28. The van der Waals surface area contributed by atoms with Gasteiger partial charge in [-0.1, -0.05) is 6.42 Å². The molecule has 0 bridgehead atoms. The molecule has 156 valence electrons. The number of hydrogen-bond acceptors (Lipinski definition) is 5. The predicted molar refractivity (Wildman–Crippen MR) is 119 cm³/mol. The highest BCUT2D eigenvalue weighted by molar-refractivity contribution is 7.98. The van der Waals surface area contributed by atoms with Crippen LogP contribution in [0.25, 0.3) is 0 Å². The maximum Gasteiger partial charge on any atom is 0.251 e. The molecule has 2 aromatic rings. The molecule has 1 aliphatic carbocycles. The predicted octanol–water partition coefficient (Wildman–Crippen LogP) is 4.56. The summed E-state index contributed by atoms with van der Waals surface area (Å²) in [6.45, 7) is 5.96. The Morgan fingerprint density at radius 3 is 2.66 bits per heavy atom. The zero-order valence-corrected chi connectivity index (χ0v) is 18.9. The number of benzene rings is 1. The molecular formula is C22H29N3O2S2. The number of nitrogens with zero attached hydrogens (tertiary/aromatic N) is 1. The Balaban J connectivity index is 1.50. The summed E-state index contributed by atoms with van der Waals surface area (Å²) in [7, 11) is 0. The third kappa shape index (κ3) is 6.57. The summed E-state index contributed by atoms with van der Waals surface area (Å²) in [6, 6.07) is 7.91. The van der Waals surface area contributed by atoms with Gasteiger partial charge >= 0.3 is 0 Å². The molecule has 7 heteroatoms. The highest BCUT2D eigenvalue weighted by atomic mass is 32.2. The van der Waals surface area contributed by atoms with Crippen molar-refractivity contribution < 1.29 is 9.59 Å². The van der Waals surface area contributed by atoms with E-state index in [1.165, 1.54) is 0 Å². The summed E-state index contributed by atoms with van der Waals surface area (Å²) in [5.74, 6) is 0.865. The van der Waals surface area contributed by atoms with Crippen LogP contribution in [0.3, 0.4) is 0 Å². The van der Waals surface area contributed by atoms with Crippen LogP contribution in [0, 0.1) is 12.8 Å². The van der Waals surface area contributed by atoms with Crippen LogP contribution in [0.1, 0.15) is 60.6 Å². The monoisotopic (exact) mass is 431 g/mol. The third-order valence-electron chi connectivity index (χ3n) is 4.98. The Bertz CT molecular complexity index is 833. The molecule has 0 aliphatic heterocycles. The van der Waals surface area contributed by atoms with Gasteiger partial charge in [-0.25, -0.2) is 4.98 Å². The topological polar surface area (TPSA) is 71.1 Å². The molecule has 1 heterocycles. The number of aromatic nitrogens is 1. The first-order chi connectivity index (χ1) is 13.9. The second-order valence-corrected chi connectivity index (χ2v) is 9.98. The van der Waals surface area contributed by atoms with Gasteiger partial charge in [0.15, 0.2) is 0 Å². The van der Waals surface area contributed by atoms with Crippen molar-refractivity contribution in [2.24, 2.45) is 5.92 Å². The van der Waals surface area contributed by atoms with E-state index in [1.807, 2.05) is 45.0 Å². The van der Waals surface area contributed by atoms with E-state index < -0.39 is 0 Å². The molecule has 0 radical (unpaired) electrons. The summed E-state index contributed by atoms with van der Waals surface area (Å²) in [5.41, 5.74) is 1.75. The Morgan fingerprint density at radius 1 is 1.24 bits per heavy atom. The van der Waals surface area contributed by atoms with Gasteiger partial charge in [-0.15, -0.1) is 23.1 Å². The highest BCUT2D eigenvalue weighted by Gasteiger charge is 2.28. The van der Waals surface area contributed by atoms with Crippen LogP contribution in [-0.4, -0.2) is 28.9 Å². The van der Waals surface area contributed by atoms with Crippen molar-refractivity contribution in [1.82, 2.24) is 15.6 Å². The van der Waals surface area contributed by atoms with E-state index in [4.69, 9.17) is 0 Å². The van der Waals surface area contributed by atoms with Crippen molar-refractivity contribution in [3.8, 4) is 0 Å². The fourth-order valence-electron chi connectivity index (χ4n) is 3.56. The lowest BCUT2D eigenvalue weighted by Gasteiger charge is -2.29. The summed E-state index contributed by atoms with van der Waals surface area (Å²) in [4.78, 5) is 30.5. The minimum Gasteiger partial charge on any atom is -0.354 e. The summed E-state index contributed by atoms with van der Waals surface area (Å²) < 4.78 is 0. The number of thioether (sulfide) groups is 1. The Labute approximate surface area is 181 Å². The number of hydrogen-bond donors (Lipinski definition) is 2. The molecule has 2 N–H and O–H groups in total. The Hall–Kier alpha value is -1.86. The van der Waals surface area contributed by atoms with Gasteiger partial charge in [-0.05, 0) is 64.3 Å². The molecule has 2 unspecified atom stereocenters. The maximum absolute atomic E-state index is 12.6. The first-order valence-electron chi connectivity index (χ1n) is 10.2. The lowest BCUT2D eigenvalue weighted by Crippen LogP contribution is -2.43. The van der Waals surface area contributed by atoms with Gasteiger partial charge in [-0.3, -0.25) is 9.59 Å². The molecule has 1 aromatic heterocycles. The zero-order valence-electron chi connectivity index (χ0n) is 17.2. The van der Waals surface area contributed by atoms with E-state index in [9.17, 15) is 9.59 Å². The van der Waals surface area contributed by atoms with Crippen LogP contribution in [0.15, 0.2) is 34.5 Å². The van der Waals surface area contributed by atoms with Crippen LogP contribution >= 0.6 is 23.1 Å².